The largest absolute Gasteiger partial charge is 0.315 e. The fraction of sp³-hybridized carbons (Fsp3) is 0.727. The first kappa shape index (κ1) is 12.5. The molecule has 0 unspecified atom stereocenters. The van der Waals surface area contributed by atoms with Gasteiger partial charge in [-0.15, -0.1) is 0 Å². The minimum Gasteiger partial charge on any atom is -0.315 e. The zero-order chi connectivity index (χ0) is 11.3. The Morgan fingerprint density at radius 2 is 2.20 bits per heavy atom. The molecular weight excluding hydrogens is 210 g/mol. The number of halogens is 1. The van der Waals surface area contributed by atoms with Crippen LogP contribution in [-0.2, 0) is 6.54 Å². The zero-order valence-corrected chi connectivity index (χ0v) is 10.5. The number of hydrogen-bond acceptors (Lipinski definition) is 2. The van der Waals surface area contributed by atoms with E-state index in [0.29, 0.717) is 0 Å². The van der Waals surface area contributed by atoms with Crippen LogP contribution in [0.2, 0.25) is 5.02 Å². The van der Waals surface area contributed by atoms with E-state index in [0.717, 1.165) is 36.3 Å². The fourth-order valence-electron chi connectivity index (χ4n) is 1.32. The molecule has 1 heterocycles. The van der Waals surface area contributed by atoms with E-state index in [4.69, 9.17) is 11.6 Å². The summed E-state index contributed by atoms with van der Waals surface area (Å²) in [5.41, 5.74) is 0.902. The van der Waals surface area contributed by atoms with Gasteiger partial charge in [0, 0.05) is 12.7 Å². The predicted octanol–water partition coefficient (Wildman–Crippen LogP) is 2.48. The third-order valence-electron chi connectivity index (χ3n) is 2.30. The topological polar surface area (TPSA) is 29.9 Å². The van der Waals surface area contributed by atoms with Crippen LogP contribution < -0.4 is 5.32 Å². The van der Waals surface area contributed by atoms with Crippen molar-refractivity contribution in [3.63, 3.8) is 0 Å². The van der Waals surface area contributed by atoms with Crippen LogP contribution in [0.5, 0.6) is 0 Å². The third-order valence-corrected chi connectivity index (χ3v) is 2.67. The molecule has 0 spiro atoms. The molecule has 0 bridgehead atoms. The third kappa shape index (κ3) is 4.67. The number of nitrogens with one attached hydrogen (secondary N) is 1. The summed E-state index contributed by atoms with van der Waals surface area (Å²) < 4.78 is 1.89. The van der Waals surface area contributed by atoms with Gasteiger partial charge >= 0.3 is 0 Å². The highest BCUT2D eigenvalue weighted by Gasteiger charge is 2.00. The second-order valence-corrected chi connectivity index (χ2v) is 4.67. The maximum Gasteiger partial charge on any atom is 0.0814 e. The minimum atomic E-state index is 0.747. The van der Waals surface area contributed by atoms with E-state index < -0.39 is 0 Å². The van der Waals surface area contributed by atoms with Gasteiger partial charge in [-0.25, -0.2) is 0 Å². The zero-order valence-electron chi connectivity index (χ0n) is 9.76. The predicted molar refractivity (Wildman–Crippen MR) is 64.3 cm³/mol. The molecule has 0 fully saturated rings. The summed E-state index contributed by atoms with van der Waals surface area (Å²) in [6.45, 7) is 9.29. The molecule has 0 aromatic carbocycles. The Hall–Kier alpha value is -0.540. The Kier molecular flexibility index (Phi) is 5.12. The van der Waals surface area contributed by atoms with Gasteiger partial charge in [-0.3, -0.25) is 4.68 Å². The van der Waals surface area contributed by atoms with Crippen LogP contribution in [0.1, 0.15) is 26.0 Å². The molecule has 0 saturated heterocycles. The molecule has 0 aliphatic rings. The summed E-state index contributed by atoms with van der Waals surface area (Å²) in [6.07, 6.45) is 3.10. The molecule has 1 N–H and O–H groups in total. The van der Waals surface area contributed by atoms with E-state index in [1.54, 1.807) is 0 Å². The van der Waals surface area contributed by atoms with E-state index >= 15 is 0 Å². The monoisotopic (exact) mass is 229 g/mol. The molecule has 0 atom stereocenters. The fourth-order valence-corrected chi connectivity index (χ4v) is 1.47. The lowest BCUT2D eigenvalue weighted by atomic mass is 10.1. The molecule has 0 saturated carbocycles. The highest BCUT2D eigenvalue weighted by atomic mass is 35.5. The second kappa shape index (κ2) is 6.13. The van der Waals surface area contributed by atoms with E-state index in [1.165, 1.54) is 6.42 Å². The van der Waals surface area contributed by atoms with E-state index in [2.05, 4.69) is 24.3 Å². The van der Waals surface area contributed by atoms with Crippen molar-refractivity contribution in [2.75, 3.05) is 13.1 Å². The standard InChI is InChI=1S/C11H20ClN3/c1-9(2)4-5-13-6-7-15-8-11(12)10(3)14-15/h8-9,13H,4-7H2,1-3H3. The van der Waals surface area contributed by atoms with Crippen molar-refractivity contribution in [1.29, 1.82) is 0 Å². The summed E-state index contributed by atoms with van der Waals surface area (Å²) in [7, 11) is 0. The van der Waals surface area contributed by atoms with Crippen LogP contribution in [-0.4, -0.2) is 22.9 Å². The number of nitrogens with zero attached hydrogens (tertiary/aromatic N) is 2. The Bertz CT molecular complexity index is 275. The maximum absolute atomic E-state index is 5.91. The first-order chi connectivity index (χ1) is 7.09. The van der Waals surface area contributed by atoms with Crippen LogP contribution in [0.25, 0.3) is 0 Å². The van der Waals surface area contributed by atoms with E-state index in [1.807, 2.05) is 17.8 Å². The van der Waals surface area contributed by atoms with Crippen LogP contribution in [0, 0.1) is 12.8 Å². The van der Waals surface area contributed by atoms with Gasteiger partial charge in [0.25, 0.3) is 0 Å². The van der Waals surface area contributed by atoms with Gasteiger partial charge in [-0.2, -0.15) is 5.10 Å². The van der Waals surface area contributed by atoms with Crippen molar-refractivity contribution in [1.82, 2.24) is 15.1 Å². The summed E-state index contributed by atoms with van der Waals surface area (Å²) in [5, 5.41) is 8.43. The molecule has 0 aliphatic heterocycles. The smallest absolute Gasteiger partial charge is 0.0814 e. The number of rotatable bonds is 6. The quantitative estimate of drug-likeness (QED) is 0.760. The van der Waals surface area contributed by atoms with E-state index in [-0.39, 0.29) is 0 Å². The van der Waals surface area contributed by atoms with Gasteiger partial charge in [0.05, 0.1) is 17.3 Å². The van der Waals surface area contributed by atoms with Gasteiger partial charge in [0.15, 0.2) is 0 Å². The summed E-state index contributed by atoms with van der Waals surface area (Å²) in [4.78, 5) is 0. The molecule has 4 heteroatoms. The van der Waals surface area contributed by atoms with Crippen LogP contribution in [0.4, 0.5) is 0 Å². The van der Waals surface area contributed by atoms with Crippen LogP contribution in [0.3, 0.4) is 0 Å². The first-order valence-corrected chi connectivity index (χ1v) is 5.87. The molecule has 1 aromatic heterocycles. The first-order valence-electron chi connectivity index (χ1n) is 5.50. The number of aromatic nitrogens is 2. The molecular formula is C11H20ClN3. The van der Waals surface area contributed by atoms with Crippen LogP contribution in [0.15, 0.2) is 6.20 Å². The van der Waals surface area contributed by atoms with Gasteiger partial charge < -0.3 is 5.32 Å². The summed E-state index contributed by atoms with van der Waals surface area (Å²) in [5.74, 6) is 0.763. The van der Waals surface area contributed by atoms with E-state index in [9.17, 15) is 0 Å². The molecule has 1 rings (SSSR count). The van der Waals surface area contributed by atoms with Crippen molar-refractivity contribution in [3.05, 3.63) is 16.9 Å². The Morgan fingerprint density at radius 1 is 1.47 bits per heavy atom. The molecule has 15 heavy (non-hydrogen) atoms. The summed E-state index contributed by atoms with van der Waals surface area (Å²) >= 11 is 5.91. The lowest BCUT2D eigenvalue weighted by Gasteiger charge is -2.06. The average Bonchev–Trinajstić information content (AvgIpc) is 2.45. The van der Waals surface area contributed by atoms with Crippen molar-refractivity contribution in [3.8, 4) is 0 Å². The number of aryl methyl sites for hydroxylation is 1. The van der Waals surface area contributed by atoms with Crippen LogP contribution >= 0.6 is 11.6 Å². The van der Waals surface area contributed by atoms with Gasteiger partial charge in [-0.1, -0.05) is 25.4 Å². The van der Waals surface area contributed by atoms with Crippen molar-refractivity contribution < 1.29 is 0 Å². The Morgan fingerprint density at radius 3 is 2.73 bits per heavy atom. The van der Waals surface area contributed by atoms with Crippen molar-refractivity contribution >= 4 is 11.6 Å². The lowest BCUT2D eigenvalue weighted by molar-refractivity contribution is 0.504. The lowest BCUT2D eigenvalue weighted by Crippen LogP contribution is -2.22. The minimum absolute atomic E-state index is 0.747. The Balaban J connectivity index is 2.15. The van der Waals surface area contributed by atoms with Gasteiger partial charge in [0.2, 0.25) is 0 Å². The van der Waals surface area contributed by atoms with Crippen molar-refractivity contribution in [2.45, 2.75) is 33.7 Å². The van der Waals surface area contributed by atoms with Gasteiger partial charge in [0.1, 0.15) is 0 Å². The molecule has 3 nitrogen and oxygen atoms in total. The molecule has 0 radical (unpaired) electrons. The Labute approximate surface area is 96.8 Å². The molecule has 0 aliphatic carbocycles. The molecule has 0 amide bonds. The normalized spacial score (nSPS) is 11.3. The number of hydrogen-bond donors (Lipinski definition) is 1. The maximum atomic E-state index is 5.91. The summed E-state index contributed by atoms with van der Waals surface area (Å²) in [6, 6.07) is 0. The van der Waals surface area contributed by atoms with Gasteiger partial charge in [-0.05, 0) is 25.8 Å². The highest BCUT2D eigenvalue weighted by Crippen LogP contribution is 2.11. The van der Waals surface area contributed by atoms with Crippen molar-refractivity contribution in [2.24, 2.45) is 5.92 Å². The second-order valence-electron chi connectivity index (χ2n) is 4.26. The highest BCUT2D eigenvalue weighted by molar-refractivity contribution is 6.31. The molecule has 1 aromatic rings. The average molecular weight is 230 g/mol. The SMILES string of the molecule is Cc1nn(CCNCCC(C)C)cc1Cl. The molecule has 86 valence electrons.